The van der Waals surface area contributed by atoms with Crippen LogP contribution in [0.3, 0.4) is 0 Å². The lowest BCUT2D eigenvalue weighted by atomic mass is 10.2. The molecule has 2 aromatic carbocycles. The number of aromatic nitrogens is 3. The Labute approximate surface area is 178 Å². The monoisotopic (exact) mass is 449 g/mol. The van der Waals surface area contributed by atoms with Crippen LogP contribution in [-0.4, -0.2) is 20.6 Å². The van der Waals surface area contributed by atoms with Gasteiger partial charge in [-0.25, -0.2) is 4.68 Å². The molecular formula is C20H15ClF3N5S. The second-order valence-electron chi connectivity index (χ2n) is 6.51. The predicted molar refractivity (Wildman–Crippen MR) is 112 cm³/mol. The highest BCUT2D eigenvalue weighted by Crippen LogP contribution is 2.31. The summed E-state index contributed by atoms with van der Waals surface area (Å²) in [6, 6.07) is 12.7. The minimum absolute atomic E-state index is 0.159. The van der Waals surface area contributed by atoms with Crippen LogP contribution in [0.1, 0.15) is 16.8 Å². The average molecular weight is 450 g/mol. The second kappa shape index (κ2) is 7.73. The van der Waals surface area contributed by atoms with Gasteiger partial charge >= 0.3 is 6.18 Å². The first kappa shape index (κ1) is 20.4. The summed E-state index contributed by atoms with van der Waals surface area (Å²) in [5.74, 6) is 0. The Morgan fingerprint density at radius 1 is 1.13 bits per heavy atom. The van der Waals surface area contributed by atoms with Crippen molar-refractivity contribution in [1.82, 2.24) is 14.3 Å². The molecule has 4 aromatic rings. The molecule has 2 heterocycles. The van der Waals surface area contributed by atoms with E-state index in [1.54, 1.807) is 6.92 Å². The number of halogens is 4. The Morgan fingerprint density at radius 3 is 2.63 bits per heavy atom. The van der Waals surface area contributed by atoms with Gasteiger partial charge in [-0.05, 0) is 37.3 Å². The van der Waals surface area contributed by atoms with Crippen molar-refractivity contribution in [2.45, 2.75) is 13.1 Å². The van der Waals surface area contributed by atoms with Gasteiger partial charge in [0.05, 0.1) is 38.9 Å². The number of hydrogen-bond donors (Lipinski definition) is 0. The number of rotatable bonds is 3. The summed E-state index contributed by atoms with van der Waals surface area (Å²) >= 11 is 7.89. The van der Waals surface area contributed by atoms with Crippen LogP contribution >= 0.6 is 22.9 Å². The molecule has 2 aromatic heterocycles. The van der Waals surface area contributed by atoms with Gasteiger partial charge in [-0.1, -0.05) is 41.1 Å². The summed E-state index contributed by atoms with van der Waals surface area (Å²) in [6.07, 6.45) is -2.99. The zero-order valence-corrected chi connectivity index (χ0v) is 17.4. The number of alkyl halides is 3. The first-order chi connectivity index (χ1) is 14.3. The molecule has 0 radical (unpaired) electrons. The lowest BCUT2D eigenvalue weighted by Crippen LogP contribution is -2.08. The standard InChI is InChI=1S/C20H15ClF3N5S/c1-12-15(11-25-26-19-28(2)16-8-3-4-9-17(16)30-19)18(21)29(27-12)14-7-5-6-13(10-14)20(22,23)24/h3-11H,1-2H3/b25-11+,26-19+. The lowest BCUT2D eigenvalue weighted by molar-refractivity contribution is -0.137. The van der Waals surface area contributed by atoms with E-state index in [2.05, 4.69) is 15.3 Å². The summed E-state index contributed by atoms with van der Waals surface area (Å²) in [5.41, 5.74) is 1.50. The summed E-state index contributed by atoms with van der Waals surface area (Å²) in [5, 5.41) is 12.8. The maximum Gasteiger partial charge on any atom is 0.416 e. The topological polar surface area (TPSA) is 47.5 Å². The number of fused-ring (bicyclic) bond motifs is 1. The zero-order valence-electron chi connectivity index (χ0n) is 15.9. The smallest absolute Gasteiger partial charge is 0.318 e. The lowest BCUT2D eigenvalue weighted by Gasteiger charge is -2.09. The van der Waals surface area contributed by atoms with Gasteiger partial charge in [0.1, 0.15) is 5.15 Å². The van der Waals surface area contributed by atoms with Crippen molar-refractivity contribution in [1.29, 1.82) is 0 Å². The molecule has 30 heavy (non-hydrogen) atoms. The molecule has 0 atom stereocenters. The number of nitrogens with zero attached hydrogens (tertiary/aromatic N) is 5. The van der Waals surface area contributed by atoms with Gasteiger partial charge in [0.15, 0.2) is 0 Å². The van der Waals surface area contributed by atoms with Crippen LogP contribution in [0, 0.1) is 6.92 Å². The minimum Gasteiger partial charge on any atom is -0.318 e. The second-order valence-corrected chi connectivity index (χ2v) is 7.87. The number of para-hydroxylation sites is 1. The normalized spacial score (nSPS) is 13.1. The van der Waals surface area contributed by atoms with Gasteiger partial charge in [-0.2, -0.15) is 23.4 Å². The zero-order chi connectivity index (χ0) is 21.5. The van der Waals surface area contributed by atoms with E-state index in [0.717, 1.165) is 22.3 Å². The highest BCUT2D eigenvalue weighted by atomic mass is 35.5. The minimum atomic E-state index is -4.45. The van der Waals surface area contributed by atoms with E-state index in [4.69, 9.17) is 11.6 Å². The SMILES string of the molecule is Cc1nn(-c2cccc(C(F)(F)F)c2)c(Cl)c1/C=N/N=c1/sc2ccccc2n1C. The van der Waals surface area contributed by atoms with Crippen LogP contribution in [0.15, 0.2) is 58.7 Å². The molecule has 0 fully saturated rings. The summed E-state index contributed by atoms with van der Waals surface area (Å²) in [6.45, 7) is 1.71. The molecule has 0 bridgehead atoms. The molecule has 0 spiro atoms. The fourth-order valence-corrected chi connectivity index (χ4v) is 4.25. The molecule has 5 nitrogen and oxygen atoms in total. The molecular weight excluding hydrogens is 435 g/mol. The van der Waals surface area contributed by atoms with Crippen molar-refractivity contribution in [3.8, 4) is 5.69 Å². The molecule has 4 rings (SSSR count). The van der Waals surface area contributed by atoms with Crippen LogP contribution in [0.2, 0.25) is 5.15 Å². The first-order valence-electron chi connectivity index (χ1n) is 8.80. The van der Waals surface area contributed by atoms with Crippen LogP contribution in [-0.2, 0) is 13.2 Å². The van der Waals surface area contributed by atoms with E-state index >= 15 is 0 Å². The summed E-state index contributed by atoms with van der Waals surface area (Å²) in [7, 11) is 1.90. The fraction of sp³-hybridized carbons (Fsp3) is 0.150. The third kappa shape index (κ3) is 3.78. The van der Waals surface area contributed by atoms with E-state index < -0.39 is 11.7 Å². The molecule has 0 aliphatic carbocycles. The van der Waals surface area contributed by atoms with Gasteiger partial charge in [-0.15, -0.1) is 5.10 Å². The molecule has 0 saturated carbocycles. The van der Waals surface area contributed by atoms with E-state index in [1.165, 1.54) is 34.4 Å². The third-order valence-corrected chi connectivity index (χ3v) is 5.98. The van der Waals surface area contributed by atoms with Crippen LogP contribution in [0.4, 0.5) is 13.2 Å². The van der Waals surface area contributed by atoms with Crippen LogP contribution < -0.4 is 4.80 Å². The highest BCUT2D eigenvalue weighted by Gasteiger charge is 2.30. The van der Waals surface area contributed by atoms with Crippen LogP contribution in [0.25, 0.3) is 15.9 Å². The van der Waals surface area contributed by atoms with E-state index in [1.807, 2.05) is 35.9 Å². The number of thiazole rings is 1. The number of benzene rings is 2. The largest absolute Gasteiger partial charge is 0.416 e. The molecule has 0 aliphatic heterocycles. The Balaban J connectivity index is 1.70. The highest BCUT2D eigenvalue weighted by molar-refractivity contribution is 7.16. The maximum absolute atomic E-state index is 13.0. The molecule has 154 valence electrons. The molecule has 0 N–H and O–H groups in total. The van der Waals surface area contributed by atoms with Crippen LogP contribution in [0.5, 0.6) is 0 Å². The van der Waals surface area contributed by atoms with Gasteiger partial charge in [-0.3, -0.25) is 0 Å². The Kier molecular flexibility index (Phi) is 5.25. The van der Waals surface area contributed by atoms with Gasteiger partial charge in [0.2, 0.25) is 4.80 Å². The number of aryl methyl sites for hydroxylation is 2. The van der Waals surface area contributed by atoms with Crippen molar-refractivity contribution in [3.05, 3.63) is 75.3 Å². The average Bonchev–Trinajstić information content (AvgIpc) is 3.18. The molecule has 10 heteroatoms. The van der Waals surface area contributed by atoms with Crippen molar-refractivity contribution in [2.24, 2.45) is 17.3 Å². The summed E-state index contributed by atoms with van der Waals surface area (Å²) < 4.78 is 43.3. The fourth-order valence-electron chi connectivity index (χ4n) is 2.96. The summed E-state index contributed by atoms with van der Waals surface area (Å²) in [4.78, 5) is 0.700. The Morgan fingerprint density at radius 2 is 1.90 bits per heavy atom. The van der Waals surface area contributed by atoms with Crippen molar-refractivity contribution < 1.29 is 13.2 Å². The molecule has 0 amide bonds. The number of hydrogen-bond acceptors (Lipinski definition) is 4. The van der Waals surface area contributed by atoms with Crippen molar-refractivity contribution in [2.75, 3.05) is 0 Å². The van der Waals surface area contributed by atoms with Crippen molar-refractivity contribution >= 4 is 39.4 Å². The van der Waals surface area contributed by atoms with Gasteiger partial charge in [0, 0.05) is 7.05 Å². The maximum atomic E-state index is 13.0. The Bertz CT molecular complexity index is 1330. The third-order valence-electron chi connectivity index (χ3n) is 4.51. The quantitative estimate of drug-likeness (QED) is 0.307. The Hall–Kier alpha value is -2.91. The molecule has 0 aliphatic rings. The van der Waals surface area contributed by atoms with E-state index in [9.17, 15) is 13.2 Å². The molecule has 0 unspecified atom stereocenters. The molecule has 0 saturated heterocycles. The van der Waals surface area contributed by atoms with Gasteiger partial charge < -0.3 is 4.57 Å². The van der Waals surface area contributed by atoms with Crippen molar-refractivity contribution in [3.63, 3.8) is 0 Å². The van der Waals surface area contributed by atoms with E-state index in [-0.39, 0.29) is 10.8 Å². The van der Waals surface area contributed by atoms with Gasteiger partial charge in [0.25, 0.3) is 0 Å². The van der Waals surface area contributed by atoms with E-state index in [0.29, 0.717) is 16.1 Å². The first-order valence-corrected chi connectivity index (χ1v) is 9.99. The predicted octanol–water partition coefficient (Wildman–Crippen LogP) is 5.34.